The Hall–Kier alpha value is -5.53. The van der Waals surface area contributed by atoms with Crippen LogP contribution in [0.1, 0.15) is 124 Å². The molecule has 0 saturated carbocycles. The number of hydrogen-bond donors (Lipinski definition) is 8. The summed E-state index contributed by atoms with van der Waals surface area (Å²) in [5.41, 5.74) is 6.06. The number of thiol groups is 1. The number of amides is 9. The van der Waals surface area contributed by atoms with Crippen molar-refractivity contribution >= 4 is 72.1 Å². The Balaban J connectivity index is 1.84. The molecule has 0 radical (unpaired) electrons. The topological polar surface area (TPSA) is 275 Å². The fourth-order valence-corrected chi connectivity index (χ4v) is 8.77. The van der Waals surface area contributed by atoms with Gasteiger partial charge < -0.3 is 52.2 Å². The van der Waals surface area contributed by atoms with Crippen LogP contribution < -0.4 is 37.6 Å². The van der Waals surface area contributed by atoms with Crippen molar-refractivity contribution in [3.05, 3.63) is 35.9 Å². The molecule has 2 aliphatic heterocycles. The van der Waals surface area contributed by atoms with Crippen LogP contribution in [-0.4, -0.2) is 136 Å². The van der Waals surface area contributed by atoms with Crippen molar-refractivity contribution in [2.24, 2.45) is 17.6 Å². The standard InChI is InChI=1S/C48H75N9O10S/c1-7-9-17-33(28-58)50-42(61)34(20-21-40(49)60)51-43(62)35(22-25-68)52-44(63)36(26-29(3)4)53-45(64)37(27-32-15-11-10-12-16-32)54-46(65)39-19-14-24-57(39)48(67)41(30(5)8-2)55-47(66)38-18-13-23-56(38)31(6)59/h10-12,15-16,28-30,33-39,41,68H,7-9,13-14,17-27H2,1-6H3,(H2,49,60)(H,50,61)(H,51,62)(H,52,63)(H,53,64)(H,54,65)(H,55,66)/t30-,33-,34-,35-,36-,37-,38-,39-,41-/m0/s1. The molecule has 378 valence electrons. The van der Waals surface area contributed by atoms with Crippen LogP contribution >= 0.6 is 12.6 Å². The molecule has 0 bridgehead atoms. The van der Waals surface area contributed by atoms with E-state index in [4.69, 9.17) is 5.73 Å². The number of nitrogens with one attached hydrogen (secondary N) is 6. The van der Waals surface area contributed by atoms with Crippen molar-refractivity contribution in [3.8, 4) is 0 Å². The van der Waals surface area contributed by atoms with Crippen LogP contribution in [0.4, 0.5) is 0 Å². The zero-order chi connectivity index (χ0) is 50.5. The highest BCUT2D eigenvalue weighted by Gasteiger charge is 2.42. The predicted octanol–water partition coefficient (Wildman–Crippen LogP) is 1.21. The molecule has 1 aromatic carbocycles. The van der Waals surface area contributed by atoms with Gasteiger partial charge in [0, 0.05) is 32.9 Å². The van der Waals surface area contributed by atoms with Crippen molar-refractivity contribution in [1.29, 1.82) is 0 Å². The zero-order valence-electron chi connectivity index (χ0n) is 40.6. The van der Waals surface area contributed by atoms with E-state index in [-0.39, 0.29) is 62.1 Å². The van der Waals surface area contributed by atoms with Gasteiger partial charge in [-0.15, -0.1) is 0 Å². The first-order valence-corrected chi connectivity index (χ1v) is 24.8. The van der Waals surface area contributed by atoms with E-state index >= 15 is 0 Å². The molecule has 68 heavy (non-hydrogen) atoms. The van der Waals surface area contributed by atoms with Gasteiger partial charge in [0.25, 0.3) is 0 Å². The summed E-state index contributed by atoms with van der Waals surface area (Å²) in [5, 5.41) is 16.5. The van der Waals surface area contributed by atoms with E-state index in [9.17, 15) is 47.9 Å². The maximum absolute atomic E-state index is 14.4. The second-order valence-electron chi connectivity index (χ2n) is 18.4. The Bertz CT molecular complexity index is 1900. The van der Waals surface area contributed by atoms with Crippen LogP contribution in [0, 0.1) is 11.8 Å². The van der Waals surface area contributed by atoms with Crippen molar-refractivity contribution in [3.63, 3.8) is 0 Å². The number of carbonyl (C=O) groups excluding carboxylic acids is 10. The van der Waals surface area contributed by atoms with Gasteiger partial charge >= 0.3 is 0 Å². The highest BCUT2D eigenvalue weighted by atomic mass is 32.1. The Morgan fingerprint density at radius 1 is 0.721 bits per heavy atom. The number of benzene rings is 1. The first-order valence-electron chi connectivity index (χ1n) is 24.1. The third kappa shape index (κ3) is 17.5. The lowest BCUT2D eigenvalue weighted by molar-refractivity contribution is -0.144. The molecule has 2 fully saturated rings. The van der Waals surface area contributed by atoms with Crippen molar-refractivity contribution in [1.82, 2.24) is 41.7 Å². The number of nitrogens with two attached hydrogens (primary N) is 1. The van der Waals surface area contributed by atoms with Crippen LogP contribution in [0.2, 0.25) is 0 Å². The molecule has 8 N–H and O–H groups in total. The summed E-state index contributed by atoms with van der Waals surface area (Å²) in [7, 11) is 0. The number of unbranched alkanes of at least 4 members (excludes halogenated alkanes) is 1. The van der Waals surface area contributed by atoms with Crippen LogP contribution in [0.3, 0.4) is 0 Å². The van der Waals surface area contributed by atoms with E-state index in [2.05, 4.69) is 44.5 Å². The summed E-state index contributed by atoms with van der Waals surface area (Å²) in [4.78, 5) is 136. The lowest BCUT2D eigenvalue weighted by Crippen LogP contribution is -2.60. The molecule has 0 spiro atoms. The molecule has 2 aliphatic rings. The molecule has 1 aromatic rings. The lowest BCUT2D eigenvalue weighted by atomic mass is 9.96. The molecule has 2 saturated heterocycles. The maximum Gasteiger partial charge on any atom is 0.246 e. The molecule has 2 heterocycles. The Morgan fingerprint density at radius 2 is 1.26 bits per heavy atom. The first-order chi connectivity index (χ1) is 32.3. The normalized spacial score (nSPS) is 18.8. The summed E-state index contributed by atoms with van der Waals surface area (Å²) in [6.07, 6.45) is 4.65. The number of primary amides is 1. The second kappa shape index (κ2) is 28.7. The summed E-state index contributed by atoms with van der Waals surface area (Å²) in [6, 6.07) is 0.569. The van der Waals surface area contributed by atoms with E-state index in [0.29, 0.717) is 63.3 Å². The third-order valence-corrected chi connectivity index (χ3v) is 12.8. The van der Waals surface area contributed by atoms with Gasteiger partial charge in [-0.3, -0.25) is 43.2 Å². The van der Waals surface area contributed by atoms with E-state index in [1.165, 1.54) is 16.7 Å². The molecule has 0 unspecified atom stereocenters. The Morgan fingerprint density at radius 3 is 1.82 bits per heavy atom. The third-order valence-electron chi connectivity index (χ3n) is 12.6. The van der Waals surface area contributed by atoms with Gasteiger partial charge in [0.1, 0.15) is 48.6 Å². The molecule has 9 atom stereocenters. The van der Waals surface area contributed by atoms with Gasteiger partial charge in [-0.1, -0.05) is 84.2 Å². The van der Waals surface area contributed by atoms with Crippen molar-refractivity contribution < 1.29 is 47.9 Å². The Kier molecular flexibility index (Phi) is 24.0. The van der Waals surface area contributed by atoms with E-state index in [1.54, 1.807) is 30.3 Å². The largest absolute Gasteiger partial charge is 0.370 e. The molecule has 19 nitrogen and oxygen atoms in total. The van der Waals surface area contributed by atoms with Gasteiger partial charge in [0.15, 0.2) is 0 Å². The van der Waals surface area contributed by atoms with Gasteiger partial charge in [0.05, 0.1) is 6.04 Å². The summed E-state index contributed by atoms with van der Waals surface area (Å²) in [5.74, 6) is -5.57. The van der Waals surface area contributed by atoms with Gasteiger partial charge in [-0.2, -0.15) is 12.6 Å². The summed E-state index contributed by atoms with van der Waals surface area (Å²) in [6.45, 7) is 11.4. The molecule has 0 aromatic heterocycles. The summed E-state index contributed by atoms with van der Waals surface area (Å²) >= 11 is 4.28. The fourth-order valence-electron chi connectivity index (χ4n) is 8.51. The number of nitrogens with zero attached hydrogens (tertiary/aromatic N) is 2. The van der Waals surface area contributed by atoms with E-state index < -0.39 is 95.6 Å². The fraction of sp³-hybridized carbons (Fsp3) is 0.667. The molecule has 20 heteroatoms. The highest BCUT2D eigenvalue weighted by molar-refractivity contribution is 7.80. The molecule has 9 amide bonds. The Labute approximate surface area is 406 Å². The number of carbonyl (C=O) groups is 10. The number of aldehydes is 1. The van der Waals surface area contributed by atoms with Crippen LogP contribution in [-0.2, 0) is 54.4 Å². The van der Waals surface area contributed by atoms with Gasteiger partial charge in [-0.05, 0) is 74.5 Å². The van der Waals surface area contributed by atoms with Gasteiger partial charge in [0.2, 0.25) is 53.2 Å². The van der Waals surface area contributed by atoms with E-state index in [0.717, 1.165) is 6.42 Å². The van der Waals surface area contributed by atoms with Crippen LogP contribution in [0.25, 0.3) is 0 Å². The minimum atomic E-state index is -1.27. The highest BCUT2D eigenvalue weighted by Crippen LogP contribution is 2.24. The quantitative estimate of drug-likeness (QED) is 0.0439. The number of hydrogen-bond acceptors (Lipinski definition) is 11. The summed E-state index contributed by atoms with van der Waals surface area (Å²) < 4.78 is 0. The average Bonchev–Trinajstić information content (AvgIpc) is 4.01. The molecular formula is C48H75N9O10S. The smallest absolute Gasteiger partial charge is 0.246 e. The second-order valence-corrected chi connectivity index (χ2v) is 18.9. The monoisotopic (exact) mass is 970 g/mol. The van der Waals surface area contributed by atoms with Crippen LogP contribution in [0.15, 0.2) is 30.3 Å². The average molecular weight is 970 g/mol. The number of likely N-dealkylation sites (tertiary alicyclic amines) is 2. The van der Waals surface area contributed by atoms with E-state index in [1.807, 2.05) is 34.6 Å². The zero-order valence-corrected chi connectivity index (χ0v) is 41.4. The van der Waals surface area contributed by atoms with Crippen LogP contribution in [0.5, 0.6) is 0 Å². The molecule has 3 rings (SSSR count). The molecular weight excluding hydrogens is 895 g/mol. The maximum atomic E-state index is 14.4. The molecule has 0 aliphatic carbocycles. The predicted molar refractivity (Wildman–Crippen MR) is 258 cm³/mol. The number of rotatable bonds is 28. The minimum absolute atomic E-state index is 0.0168. The lowest BCUT2D eigenvalue weighted by Gasteiger charge is -2.33. The minimum Gasteiger partial charge on any atom is -0.370 e. The first kappa shape index (κ1) is 56.8. The SMILES string of the molecule is CCCC[C@@H](C=O)NC(=O)[C@H](CCC(N)=O)NC(=O)[C@H](CCS)NC(=O)[C@H](CC(C)C)NC(=O)[C@H](Cc1ccccc1)NC(=O)[C@@H]1CCCN1C(=O)[C@@H](NC(=O)[C@@H]1CCCN1C(C)=O)[C@@H](C)CC. The van der Waals surface area contributed by atoms with Gasteiger partial charge in [-0.25, -0.2) is 0 Å². The van der Waals surface area contributed by atoms with Crippen molar-refractivity contribution in [2.45, 2.75) is 173 Å². The van der Waals surface area contributed by atoms with Crippen molar-refractivity contribution in [2.75, 3.05) is 18.8 Å².